The summed E-state index contributed by atoms with van der Waals surface area (Å²) >= 11 is 0. The van der Waals surface area contributed by atoms with Crippen LogP contribution >= 0.6 is 0 Å². The van der Waals surface area contributed by atoms with Crippen LogP contribution in [0.2, 0.25) is 0 Å². The lowest BCUT2D eigenvalue weighted by atomic mass is 9.99. The summed E-state index contributed by atoms with van der Waals surface area (Å²) in [6.07, 6.45) is -18.6. The fourth-order valence-electron chi connectivity index (χ4n) is 5.18. The highest BCUT2D eigenvalue weighted by Crippen LogP contribution is 2.34. The standard InChI is InChI=1S/C31H32O19/c32-14-7-13(47-31-27(42)24(39)25(40)28(50-31)29(43)44)8-17-21(14)15(33)9-16(48-17)11-1-3-12(4-2-11)46-30-26(41)23(38)22(37)18(49-30)10-45-20(36)6-5-19(34)35/h1-4,7-9,18,22-28,30-32,37-42H,5-6,10H2,(H,34,35)(H,43,44)/t18-,22-,23+,24+,25+,26-,27-,28+,30-,31-/m1/s1. The summed E-state index contributed by atoms with van der Waals surface area (Å²) in [4.78, 5) is 46.8. The number of aromatic hydroxyl groups is 1. The largest absolute Gasteiger partial charge is 0.507 e. The number of hydrogen-bond donors (Lipinski definition) is 9. The normalized spacial score (nSPS) is 29.6. The maximum atomic E-state index is 12.9. The van der Waals surface area contributed by atoms with Crippen LogP contribution in [-0.2, 0) is 28.6 Å². The minimum absolute atomic E-state index is 0.0127. The van der Waals surface area contributed by atoms with Gasteiger partial charge in [-0.3, -0.25) is 14.4 Å². The van der Waals surface area contributed by atoms with E-state index in [0.717, 1.165) is 18.2 Å². The molecule has 19 nitrogen and oxygen atoms in total. The second-order valence-corrected chi connectivity index (χ2v) is 11.4. The van der Waals surface area contributed by atoms with E-state index in [1.165, 1.54) is 24.3 Å². The molecule has 1 aromatic heterocycles. The van der Waals surface area contributed by atoms with E-state index >= 15 is 0 Å². The molecule has 19 heteroatoms. The molecule has 2 aromatic carbocycles. The van der Waals surface area contributed by atoms with Crippen LogP contribution in [0.3, 0.4) is 0 Å². The molecule has 2 fully saturated rings. The Bertz CT molecular complexity index is 1770. The lowest BCUT2D eigenvalue weighted by Gasteiger charge is -2.39. The average Bonchev–Trinajstić information content (AvgIpc) is 3.07. The van der Waals surface area contributed by atoms with Crippen molar-refractivity contribution in [1.29, 1.82) is 0 Å². The Balaban J connectivity index is 1.30. The molecule has 10 atom stereocenters. The first-order valence-electron chi connectivity index (χ1n) is 14.9. The first-order valence-corrected chi connectivity index (χ1v) is 14.9. The van der Waals surface area contributed by atoms with Crippen molar-refractivity contribution in [2.24, 2.45) is 0 Å². The van der Waals surface area contributed by atoms with Crippen molar-refractivity contribution in [2.45, 2.75) is 74.3 Å². The average molecular weight is 709 g/mol. The van der Waals surface area contributed by atoms with Gasteiger partial charge in [-0.1, -0.05) is 0 Å². The van der Waals surface area contributed by atoms with Gasteiger partial charge in [0.1, 0.15) is 83.3 Å². The maximum Gasteiger partial charge on any atom is 0.335 e. The molecular weight excluding hydrogens is 676 g/mol. The van der Waals surface area contributed by atoms with E-state index in [-0.39, 0.29) is 28.2 Å². The minimum atomic E-state index is -1.96. The van der Waals surface area contributed by atoms with E-state index in [2.05, 4.69) is 0 Å². The second kappa shape index (κ2) is 14.9. The van der Waals surface area contributed by atoms with Crippen LogP contribution < -0.4 is 14.9 Å². The van der Waals surface area contributed by atoms with Crippen molar-refractivity contribution in [3.8, 4) is 28.6 Å². The van der Waals surface area contributed by atoms with Gasteiger partial charge in [0.05, 0.1) is 12.8 Å². The molecule has 2 aliphatic rings. The molecule has 0 amide bonds. The lowest BCUT2D eigenvalue weighted by molar-refractivity contribution is -0.278. The number of phenolic OH excluding ortho intramolecular Hbond substituents is 1. The number of aliphatic hydroxyl groups excluding tert-OH is 6. The number of carboxylic acids is 2. The number of fused-ring (bicyclic) bond motifs is 1. The summed E-state index contributed by atoms with van der Waals surface area (Å²) in [7, 11) is 0. The molecule has 9 N–H and O–H groups in total. The summed E-state index contributed by atoms with van der Waals surface area (Å²) in [5.41, 5.74) is -0.573. The Morgan fingerprint density at radius 1 is 0.720 bits per heavy atom. The first-order chi connectivity index (χ1) is 23.6. The van der Waals surface area contributed by atoms with Gasteiger partial charge in [0.25, 0.3) is 0 Å². The molecule has 0 aliphatic carbocycles. The number of phenols is 1. The van der Waals surface area contributed by atoms with E-state index in [1.807, 2.05) is 0 Å². The van der Waals surface area contributed by atoms with Crippen molar-refractivity contribution >= 4 is 28.9 Å². The molecule has 0 saturated carbocycles. The van der Waals surface area contributed by atoms with Crippen molar-refractivity contribution < 1.29 is 88.4 Å². The van der Waals surface area contributed by atoms with Gasteiger partial charge in [0.15, 0.2) is 11.5 Å². The number of ether oxygens (including phenoxy) is 5. The number of esters is 1. The topological polar surface area (TPSA) is 310 Å². The van der Waals surface area contributed by atoms with Crippen LogP contribution in [0.5, 0.6) is 17.2 Å². The molecular formula is C31H32O19. The summed E-state index contributed by atoms with van der Waals surface area (Å²) in [6, 6.07) is 8.83. The Morgan fingerprint density at radius 2 is 1.34 bits per heavy atom. The van der Waals surface area contributed by atoms with E-state index in [0.29, 0.717) is 5.56 Å². The zero-order valence-electron chi connectivity index (χ0n) is 25.5. The third-order valence-electron chi connectivity index (χ3n) is 7.86. The van der Waals surface area contributed by atoms with Gasteiger partial charge in [-0.2, -0.15) is 0 Å². The monoisotopic (exact) mass is 708 g/mol. The summed E-state index contributed by atoms with van der Waals surface area (Å²) in [5.74, 6) is -4.54. The highest BCUT2D eigenvalue weighted by Gasteiger charge is 2.48. The molecule has 2 saturated heterocycles. The van der Waals surface area contributed by atoms with E-state index in [4.69, 9.17) is 33.2 Å². The fraction of sp³-hybridized carbons (Fsp3) is 0.419. The van der Waals surface area contributed by atoms with Gasteiger partial charge < -0.3 is 74.1 Å². The molecule has 0 radical (unpaired) electrons. The molecule has 2 aliphatic heterocycles. The zero-order chi connectivity index (χ0) is 36.4. The van der Waals surface area contributed by atoms with Gasteiger partial charge in [-0.25, -0.2) is 4.79 Å². The number of hydrogen-bond acceptors (Lipinski definition) is 17. The van der Waals surface area contributed by atoms with Crippen molar-refractivity contribution in [2.75, 3.05) is 6.61 Å². The maximum absolute atomic E-state index is 12.9. The van der Waals surface area contributed by atoms with Crippen molar-refractivity contribution in [1.82, 2.24) is 0 Å². The second-order valence-electron chi connectivity index (χ2n) is 11.4. The SMILES string of the molecule is O=C(O)CCC(=O)OC[C@H]1O[C@@H](Oc2ccc(-c3cc(=O)c4c(O)cc(O[C@@H]5O[C@H](C(=O)O)[C@@H](O)[C@H](O)[C@H]5O)cc4o3)cc2)[C@H](O)[C@@H](O)[C@@H]1O. The number of aliphatic hydroxyl groups is 6. The molecule has 0 spiro atoms. The molecule has 0 bridgehead atoms. The van der Waals surface area contributed by atoms with Crippen LogP contribution in [0, 0.1) is 0 Å². The molecule has 270 valence electrons. The highest BCUT2D eigenvalue weighted by molar-refractivity contribution is 5.86. The molecule has 0 unspecified atom stereocenters. The van der Waals surface area contributed by atoms with Gasteiger partial charge in [-0.05, 0) is 24.3 Å². The lowest BCUT2D eigenvalue weighted by Crippen LogP contribution is -2.61. The van der Waals surface area contributed by atoms with Gasteiger partial charge >= 0.3 is 17.9 Å². The fourth-order valence-corrected chi connectivity index (χ4v) is 5.18. The third-order valence-corrected chi connectivity index (χ3v) is 7.86. The minimum Gasteiger partial charge on any atom is -0.507 e. The van der Waals surface area contributed by atoms with Crippen LogP contribution in [-0.4, -0.2) is 132 Å². The van der Waals surface area contributed by atoms with E-state index in [9.17, 15) is 60.0 Å². The Labute approximate surface area is 279 Å². The third kappa shape index (κ3) is 7.79. The summed E-state index contributed by atoms with van der Waals surface area (Å²) in [5, 5.41) is 89.4. The smallest absolute Gasteiger partial charge is 0.335 e. The number of carbonyl (C=O) groups is 3. The predicted octanol–water partition coefficient (Wildman–Crippen LogP) is -1.97. The van der Waals surface area contributed by atoms with Gasteiger partial charge in [0, 0.05) is 23.8 Å². The van der Waals surface area contributed by atoms with Crippen molar-refractivity contribution in [3.05, 3.63) is 52.7 Å². The summed E-state index contributed by atoms with van der Waals surface area (Å²) < 4.78 is 32.4. The number of carbonyl (C=O) groups excluding carboxylic acids is 1. The first kappa shape index (κ1) is 36.4. The number of rotatable bonds is 11. The van der Waals surface area contributed by atoms with Crippen LogP contribution in [0.15, 0.2) is 51.7 Å². The molecule has 3 heterocycles. The van der Waals surface area contributed by atoms with Gasteiger partial charge in [-0.15, -0.1) is 0 Å². The predicted molar refractivity (Wildman–Crippen MR) is 160 cm³/mol. The number of benzene rings is 2. The van der Waals surface area contributed by atoms with Crippen molar-refractivity contribution in [3.63, 3.8) is 0 Å². The number of aliphatic carboxylic acids is 2. The molecule has 3 aromatic rings. The highest BCUT2D eigenvalue weighted by atomic mass is 16.7. The molecule has 5 rings (SSSR count). The quantitative estimate of drug-likeness (QED) is 0.0976. The van der Waals surface area contributed by atoms with E-state index < -0.39 is 110 Å². The van der Waals surface area contributed by atoms with Gasteiger partial charge in [0.2, 0.25) is 12.6 Å². The van der Waals surface area contributed by atoms with Crippen LogP contribution in [0.1, 0.15) is 12.8 Å². The van der Waals surface area contributed by atoms with Crippen LogP contribution in [0.4, 0.5) is 0 Å². The zero-order valence-corrected chi connectivity index (χ0v) is 25.5. The Morgan fingerprint density at radius 3 is 1.98 bits per heavy atom. The Kier molecular flexibility index (Phi) is 10.9. The molecule has 50 heavy (non-hydrogen) atoms. The van der Waals surface area contributed by atoms with E-state index in [1.54, 1.807) is 0 Å². The number of carboxylic acid groups (broad SMARTS) is 2. The Hall–Kier alpha value is -4.86. The summed E-state index contributed by atoms with van der Waals surface area (Å²) in [6.45, 7) is -0.576. The van der Waals surface area contributed by atoms with Crippen LogP contribution in [0.25, 0.3) is 22.3 Å².